The molecule has 0 aromatic carbocycles. The first-order chi connectivity index (χ1) is 12.3. The van der Waals surface area contributed by atoms with Crippen molar-refractivity contribution in [2.75, 3.05) is 13.1 Å². The van der Waals surface area contributed by atoms with Gasteiger partial charge in [-0.1, -0.05) is 97.8 Å². The number of rotatable bonds is 17. The Morgan fingerprint density at radius 1 is 0.520 bits per heavy atom. The molecule has 1 atom stereocenters. The van der Waals surface area contributed by atoms with Crippen molar-refractivity contribution in [2.45, 2.75) is 123 Å². The van der Waals surface area contributed by atoms with Gasteiger partial charge in [0.25, 0.3) is 0 Å². The van der Waals surface area contributed by atoms with Gasteiger partial charge in [0.05, 0.1) is 0 Å². The molecule has 1 rings (SSSR count). The molecule has 1 aliphatic rings. The van der Waals surface area contributed by atoms with Crippen LogP contribution < -0.4 is 0 Å². The van der Waals surface area contributed by atoms with Gasteiger partial charge in [0.15, 0.2) is 0 Å². The second kappa shape index (κ2) is 15.6. The fraction of sp³-hybridized carbons (Fsp3) is 0.913. The summed E-state index contributed by atoms with van der Waals surface area (Å²) in [6, 6.07) is 0. The van der Waals surface area contributed by atoms with Crippen molar-refractivity contribution in [1.82, 2.24) is 9.80 Å². The van der Waals surface area contributed by atoms with E-state index in [0.717, 1.165) is 0 Å². The Kier molecular flexibility index (Phi) is 14.0. The average Bonchev–Trinajstić information content (AvgIpc) is 3.01. The van der Waals surface area contributed by atoms with Gasteiger partial charge in [-0.15, -0.1) is 0 Å². The summed E-state index contributed by atoms with van der Waals surface area (Å²) in [6.07, 6.45) is 26.3. The lowest BCUT2D eigenvalue weighted by atomic mass is 10.1. The summed E-state index contributed by atoms with van der Waals surface area (Å²) in [4.78, 5) is 5.15. The van der Waals surface area contributed by atoms with E-state index in [1.807, 2.05) is 0 Å². The van der Waals surface area contributed by atoms with Gasteiger partial charge in [0, 0.05) is 25.5 Å². The Bertz CT molecular complexity index is 313. The van der Waals surface area contributed by atoms with Crippen LogP contribution in [0.25, 0.3) is 0 Å². The van der Waals surface area contributed by atoms with Crippen molar-refractivity contribution in [3.8, 4) is 0 Å². The topological polar surface area (TPSA) is 6.48 Å². The van der Waals surface area contributed by atoms with Crippen molar-refractivity contribution in [2.24, 2.45) is 0 Å². The summed E-state index contributed by atoms with van der Waals surface area (Å²) in [7, 11) is 0. The summed E-state index contributed by atoms with van der Waals surface area (Å²) in [5, 5.41) is 0. The molecule has 0 saturated heterocycles. The molecular weight excluding hydrogens is 304 g/mol. The second-order valence-corrected chi connectivity index (χ2v) is 7.91. The molecule has 25 heavy (non-hydrogen) atoms. The molecule has 0 bridgehead atoms. The van der Waals surface area contributed by atoms with Crippen LogP contribution in [0.1, 0.15) is 117 Å². The Morgan fingerprint density at radius 3 is 1.32 bits per heavy atom. The van der Waals surface area contributed by atoms with E-state index in [0.29, 0.717) is 6.17 Å². The second-order valence-electron chi connectivity index (χ2n) is 7.91. The molecule has 0 amide bonds. The van der Waals surface area contributed by atoms with Crippen LogP contribution in [0.15, 0.2) is 12.4 Å². The van der Waals surface area contributed by atoms with Crippen molar-refractivity contribution < 1.29 is 0 Å². The average molecular weight is 351 g/mol. The highest BCUT2D eigenvalue weighted by atomic mass is 15.4. The predicted molar refractivity (Wildman–Crippen MR) is 113 cm³/mol. The monoisotopic (exact) mass is 350 g/mol. The van der Waals surface area contributed by atoms with E-state index in [1.54, 1.807) is 0 Å². The van der Waals surface area contributed by atoms with Crippen molar-refractivity contribution in [3.05, 3.63) is 12.4 Å². The van der Waals surface area contributed by atoms with Crippen molar-refractivity contribution >= 4 is 0 Å². The Morgan fingerprint density at radius 2 is 0.880 bits per heavy atom. The van der Waals surface area contributed by atoms with Gasteiger partial charge in [-0.25, -0.2) is 0 Å². The maximum absolute atomic E-state index is 2.58. The highest BCUT2D eigenvalue weighted by molar-refractivity contribution is 4.96. The van der Waals surface area contributed by atoms with Gasteiger partial charge >= 0.3 is 0 Å². The SMILES string of the molecule is CCCCCCCCCCCCCN1C=CN(CCCCC)C1CC. The maximum Gasteiger partial charge on any atom is 0.100 e. The summed E-state index contributed by atoms with van der Waals surface area (Å²) in [6.45, 7) is 9.40. The van der Waals surface area contributed by atoms with Crippen LogP contribution in [0.3, 0.4) is 0 Å². The Labute approximate surface area is 159 Å². The van der Waals surface area contributed by atoms with E-state index < -0.39 is 0 Å². The lowest BCUT2D eigenvalue weighted by Gasteiger charge is -2.32. The highest BCUT2D eigenvalue weighted by Gasteiger charge is 2.23. The van der Waals surface area contributed by atoms with E-state index in [4.69, 9.17) is 0 Å². The standard InChI is InChI=1S/C23H46N2/c1-4-7-9-10-11-12-13-14-15-16-18-20-25-22-21-24(23(25)6-3)19-17-8-5-2/h21-23H,4-20H2,1-3H3. The molecule has 0 fully saturated rings. The zero-order chi connectivity index (χ0) is 18.2. The lowest BCUT2D eigenvalue weighted by Crippen LogP contribution is -2.38. The molecule has 0 N–H and O–H groups in total. The first-order valence-electron chi connectivity index (χ1n) is 11.5. The third kappa shape index (κ3) is 10.2. The maximum atomic E-state index is 2.58. The molecule has 0 aromatic rings. The summed E-state index contributed by atoms with van der Waals surface area (Å²) in [5.41, 5.74) is 0. The normalized spacial score (nSPS) is 17.0. The van der Waals surface area contributed by atoms with E-state index >= 15 is 0 Å². The minimum absolute atomic E-state index is 0.625. The molecule has 1 unspecified atom stereocenters. The molecule has 148 valence electrons. The zero-order valence-electron chi connectivity index (χ0n) is 17.6. The van der Waals surface area contributed by atoms with Crippen LogP contribution >= 0.6 is 0 Å². The summed E-state index contributed by atoms with van der Waals surface area (Å²) >= 11 is 0. The smallest absolute Gasteiger partial charge is 0.100 e. The van der Waals surface area contributed by atoms with Crippen molar-refractivity contribution in [3.63, 3.8) is 0 Å². The molecule has 1 aliphatic heterocycles. The van der Waals surface area contributed by atoms with Gasteiger partial charge in [-0.05, 0) is 19.3 Å². The number of hydrogen-bond donors (Lipinski definition) is 0. The third-order valence-electron chi connectivity index (χ3n) is 5.62. The first kappa shape index (κ1) is 22.4. The van der Waals surface area contributed by atoms with Crippen LogP contribution in [-0.4, -0.2) is 29.1 Å². The molecule has 1 heterocycles. The van der Waals surface area contributed by atoms with Crippen LogP contribution in [0.4, 0.5) is 0 Å². The molecule has 0 spiro atoms. The van der Waals surface area contributed by atoms with E-state index in [1.165, 1.54) is 109 Å². The Balaban J connectivity index is 1.98. The van der Waals surface area contributed by atoms with Crippen LogP contribution in [0.2, 0.25) is 0 Å². The Hall–Kier alpha value is -0.660. The summed E-state index contributed by atoms with van der Waals surface area (Å²) < 4.78 is 0. The van der Waals surface area contributed by atoms with Gasteiger partial charge < -0.3 is 9.80 Å². The number of nitrogens with zero attached hydrogens (tertiary/aromatic N) is 2. The lowest BCUT2D eigenvalue weighted by molar-refractivity contribution is 0.144. The van der Waals surface area contributed by atoms with Gasteiger partial charge in [0.1, 0.15) is 6.17 Å². The molecule has 0 saturated carbocycles. The van der Waals surface area contributed by atoms with Gasteiger partial charge in [0.2, 0.25) is 0 Å². The third-order valence-corrected chi connectivity index (χ3v) is 5.62. The molecule has 0 radical (unpaired) electrons. The predicted octanol–water partition coefficient (Wildman–Crippen LogP) is 7.31. The molecule has 0 aliphatic carbocycles. The van der Waals surface area contributed by atoms with Crippen LogP contribution in [0, 0.1) is 0 Å². The van der Waals surface area contributed by atoms with E-state index in [9.17, 15) is 0 Å². The molecule has 0 aromatic heterocycles. The largest absolute Gasteiger partial charge is 0.356 e. The van der Waals surface area contributed by atoms with Crippen LogP contribution in [0.5, 0.6) is 0 Å². The van der Waals surface area contributed by atoms with E-state index in [-0.39, 0.29) is 0 Å². The van der Waals surface area contributed by atoms with Crippen molar-refractivity contribution in [1.29, 1.82) is 0 Å². The fourth-order valence-electron chi connectivity index (χ4n) is 3.98. The fourth-order valence-corrected chi connectivity index (χ4v) is 3.98. The van der Waals surface area contributed by atoms with Gasteiger partial charge in [-0.2, -0.15) is 0 Å². The quantitative estimate of drug-likeness (QED) is 0.254. The summed E-state index contributed by atoms with van der Waals surface area (Å²) in [5.74, 6) is 0. The molecule has 2 nitrogen and oxygen atoms in total. The van der Waals surface area contributed by atoms with Gasteiger partial charge in [-0.3, -0.25) is 0 Å². The number of unbranched alkanes of at least 4 members (excludes halogenated alkanes) is 12. The minimum Gasteiger partial charge on any atom is -0.356 e. The minimum atomic E-state index is 0.625. The molecule has 2 heteroatoms. The first-order valence-corrected chi connectivity index (χ1v) is 11.5. The van der Waals surface area contributed by atoms with Crippen LogP contribution in [-0.2, 0) is 0 Å². The zero-order valence-corrected chi connectivity index (χ0v) is 17.6. The highest BCUT2D eigenvalue weighted by Crippen LogP contribution is 2.20. The molecular formula is C23H46N2. The number of hydrogen-bond acceptors (Lipinski definition) is 2. The van der Waals surface area contributed by atoms with E-state index in [2.05, 4.69) is 43.0 Å².